The molecule has 3 aromatic carbocycles. The predicted octanol–water partition coefficient (Wildman–Crippen LogP) is 6.41. The van der Waals surface area contributed by atoms with Gasteiger partial charge in [-0.15, -0.1) is 0 Å². The lowest BCUT2D eigenvalue weighted by Gasteiger charge is -2.30. The molecular weight excluding hydrogens is 389 g/mol. The number of halogens is 1. The van der Waals surface area contributed by atoms with Gasteiger partial charge in [0.15, 0.2) is 0 Å². The molecular formula is C26H26FN3O. The normalized spacial score (nSPS) is 20.1. The van der Waals surface area contributed by atoms with Crippen LogP contribution >= 0.6 is 0 Å². The van der Waals surface area contributed by atoms with Crippen molar-refractivity contribution >= 4 is 10.8 Å². The number of benzene rings is 3. The average Bonchev–Trinajstić information content (AvgIpc) is 3.30. The molecule has 4 nitrogen and oxygen atoms in total. The number of fused-ring (bicyclic) bond motifs is 1. The highest BCUT2D eigenvalue weighted by Crippen LogP contribution is 2.34. The van der Waals surface area contributed by atoms with Gasteiger partial charge < -0.3 is 9.84 Å². The van der Waals surface area contributed by atoms with Crippen LogP contribution in [-0.2, 0) is 0 Å². The van der Waals surface area contributed by atoms with E-state index in [9.17, 15) is 4.39 Å². The van der Waals surface area contributed by atoms with Gasteiger partial charge in [0.05, 0.1) is 0 Å². The number of hydrogen-bond donors (Lipinski definition) is 1. The van der Waals surface area contributed by atoms with Crippen molar-refractivity contribution in [3.05, 3.63) is 84.0 Å². The fourth-order valence-electron chi connectivity index (χ4n) is 4.75. The minimum atomic E-state index is -0.269. The van der Waals surface area contributed by atoms with Crippen molar-refractivity contribution in [1.29, 1.82) is 0 Å². The maximum Gasteiger partial charge on any atom is 0.230 e. The second-order valence-corrected chi connectivity index (χ2v) is 8.48. The molecule has 31 heavy (non-hydrogen) atoms. The fourth-order valence-corrected chi connectivity index (χ4v) is 4.75. The molecule has 0 amide bonds. The summed E-state index contributed by atoms with van der Waals surface area (Å²) in [6, 6.07) is 21.9. The van der Waals surface area contributed by atoms with Gasteiger partial charge in [-0.05, 0) is 66.8 Å². The zero-order chi connectivity index (χ0) is 21.2. The number of nitrogens with zero attached hydrogens (tertiary/aromatic N) is 2. The predicted molar refractivity (Wildman–Crippen MR) is 120 cm³/mol. The lowest BCUT2D eigenvalue weighted by Crippen LogP contribution is -2.35. The van der Waals surface area contributed by atoms with E-state index in [1.165, 1.54) is 28.5 Å². The molecule has 3 unspecified atom stereocenters. The number of aromatic nitrogens is 2. The summed E-state index contributed by atoms with van der Waals surface area (Å²) in [5.74, 6) is 1.18. The standard InChI is InChI=1S/C26H26FN3O/c1-17(23-11-5-7-18-6-2-3-10-24(18)23)28-22-9-4-8-20(16-22)26-29-25(30-31-26)19-12-14-21(27)15-13-19/h2-3,5-7,10-15,17,20,22,28H,4,8-9,16H2,1H3. The van der Waals surface area contributed by atoms with E-state index < -0.39 is 0 Å². The van der Waals surface area contributed by atoms with Crippen molar-refractivity contribution in [2.45, 2.75) is 50.6 Å². The molecule has 3 atom stereocenters. The lowest BCUT2D eigenvalue weighted by molar-refractivity contribution is 0.269. The van der Waals surface area contributed by atoms with E-state index in [-0.39, 0.29) is 17.8 Å². The van der Waals surface area contributed by atoms with Gasteiger partial charge in [0, 0.05) is 23.6 Å². The summed E-state index contributed by atoms with van der Waals surface area (Å²) in [6.07, 6.45) is 4.29. The van der Waals surface area contributed by atoms with E-state index in [1.54, 1.807) is 12.1 Å². The molecule has 5 rings (SSSR count). The summed E-state index contributed by atoms with van der Waals surface area (Å²) in [5.41, 5.74) is 2.10. The molecule has 0 spiro atoms. The van der Waals surface area contributed by atoms with E-state index in [4.69, 9.17) is 4.52 Å². The molecule has 1 aliphatic carbocycles. The Balaban J connectivity index is 1.29. The Labute approximate surface area is 181 Å². The Morgan fingerprint density at radius 2 is 1.81 bits per heavy atom. The Morgan fingerprint density at radius 3 is 2.68 bits per heavy atom. The van der Waals surface area contributed by atoms with Crippen LogP contribution < -0.4 is 5.32 Å². The quantitative estimate of drug-likeness (QED) is 0.409. The maximum atomic E-state index is 13.2. The monoisotopic (exact) mass is 415 g/mol. The van der Waals surface area contributed by atoms with Gasteiger partial charge in [0.2, 0.25) is 11.7 Å². The molecule has 0 aliphatic heterocycles. The Hall–Kier alpha value is -3.05. The molecule has 4 aromatic rings. The van der Waals surface area contributed by atoms with E-state index in [0.717, 1.165) is 31.2 Å². The molecule has 1 fully saturated rings. The molecule has 1 heterocycles. The second-order valence-electron chi connectivity index (χ2n) is 8.48. The first-order valence-electron chi connectivity index (χ1n) is 11.0. The van der Waals surface area contributed by atoms with Crippen LogP contribution in [0.4, 0.5) is 4.39 Å². The first-order valence-corrected chi connectivity index (χ1v) is 11.0. The summed E-state index contributed by atoms with van der Waals surface area (Å²) in [4.78, 5) is 4.62. The van der Waals surface area contributed by atoms with Crippen molar-refractivity contribution in [2.75, 3.05) is 0 Å². The van der Waals surface area contributed by atoms with Crippen molar-refractivity contribution in [2.24, 2.45) is 0 Å². The van der Waals surface area contributed by atoms with Gasteiger partial charge >= 0.3 is 0 Å². The van der Waals surface area contributed by atoms with Crippen molar-refractivity contribution in [1.82, 2.24) is 15.5 Å². The van der Waals surface area contributed by atoms with Gasteiger partial charge in [-0.2, -0.15) is 4.98 Å². The largest absolute Gasteiger partial charge is 0.339 e. The molecule has 5 heteroatoms. The Kier molecular flexibility index (Phi) is 5.51. The summed E-state index contributed by atoms with van der Waals surface area (Å²) < 4.78 is 18.8. The number of nitrogens with one attached hydrogen (secondary N) is 1. The third-order valence-corrected chi connectivity index (χ3v) is 6.34. The third-order valence-electron chi connectivity index (χ3n) is 6.34. The highest BCUT2D eigenvalue weighted by molar-refractivity contribution is 5.86. The smallest absolute Gasteiger partial charge is 0.230 e. The van der Waals surface area contributed by atoms with Gasteiger partial charge in [-0.3, -0.25) is 0 Å². The Bertz CT molecular complexity index is 1170. The molecule has 0 radical (unpaired) electrons. The third kappa shape index (κ3) is 4.23. The Morgan fingerprint density at radius 1 is 1.00 bits per heavy atom. The topological polar surface area (TPSA) is 51.0 Å². The second kappa shape index (κ2) is 8.60. The van der Waals surface area contributed by atoms with Crippen LogP contribution in [0.25, 0.3) is 22.2 Å². The summed E-state index contributed by atoms with van der Waals surface area (Å²) in [7, 11) is 0. The first kappa shape index (κ1) is 19.9. The molecule has 0 bridgehead atoms. The van der Waals surface area contributed by atoms with Crippen LogP contribution in [0.2, 0.25) is 0 Å². The summed E-state index contributed by atoms with van der Waals surface area (Å²) in [5, 5.41) is 10.5. The first-order chi connectivity index (χ1) is 15.2. The maximum absolute atomic E-state index is 13.2. The minimum absolute atomic E-state index is 0.243. The molecule has 158 valence electrons. The minimum Gasteiger partial charge on any atom is -0.339 e. The molecule has 1 aromatic heterocycles. The summed E-state index contributed by atoms with van der Waals surface area (Å²) in [6.45, 7) is 2.24. The van der Waals surface area contributed by atoms with E-state index in [0.29, 0.717) is 17.8 Å². The average molecular weight is 416 g/mol. The van der Waals surface area contributed by atoms with Gasteiger partial charge in [0.25, 0.3) is 0 Å². The van der Waals surface area contributed by atoms with E-state index >= 15 is 0 Å². The number of hydrogen-bond acceptors (Lipinski definition) is 4. The zero-order valence-electron chi connectivity index (χ0n) is 17.6. The zero-order valence-corrected chi connectivity index (χ0v) is 17.6. The molecule has 1 N–H and O–H groups in total. The van der Waals surface area contributed by atoms with Crippen LogP contribution in [0.1, 0.15) is 56.0 Å². The lowest BCUT2D eigenvalue weighted by atomic mass is 9.85. The van der Waals surface area contributed by atoms with Crippen LogP contribution in [0.15, 0.2) is 71.3 Å². The highest BCUT2D eigenvalue weighted by Gasteiger charge is 2.28. The molecule has 0 saturated heterocycles. The van der Waals surface area contributed by atoms with E-state index in [2.05, 4.69) is 64.8 Å². The van der Waals surface area contributed by atoms with Gasteiger partial charge in [-0.1, -0.05) is 54.0 Å². The van der Waals surface area contributed by atoms with E-state index in [1.807, 2.05) is 0 Å². The van der Waals surface area contributed by atoms with Crippen LogP contribution in [0.5, 0.6) is 0 Å². The van der Waals surface area contributed by atoms with Crippen LogP contribution in [0, 0.1) is 5.82 Å². The number of rotatable bonds is 5. The van der Waals surface area contributed by atoms with Crippen LogP contribution in [0.3, 0.4) is 0 Å². The van der Waals surface area contributed by atoms with Crippen molar-refractivity contribution < 1.29 is 8.91 Å². The van der Waals surface area contributed by atoms with Gasteiger partial charge in [-0.25, -0.2) is 4.39 Å². The van der Waals surface area contributed by atoms with Crippen LogP contribution in [-0.4, -0.2) is 16.2 Å². The molecule has 1 saturated carbocycles. The van der Waals surface area contributed by atoms with Crippen molar-refractivity contribution in [3.8, 4) is 11.4 Å². The van der Waals surface area contributed by atoms with Gasteiger partial charge in [0.1, 0.15) is 5.82 Å². The molecule has 1 aliphatic rings. The highest BCUT2D eigenvalue weighted by atomic mass is 19.1. The fraction of sp³-hybridized carbons (Fsp3) is 0.308. The summed E-state index contributed by atoms with van der Waals surface area (Å²) >= 11 is 0. The SMILES string of the molecule is CC(NC1CCCC(c2nc(-c3ccc(F)cc3)no2)C1)c1cccc2ccccc12. The van der Waals surface area contributed by atoms with Crippen molar-refractivity contribution in [3.63, 3.8) is 0 Å².